The van der Waals surface area contributed by atoms with E-state index in [0.29, 0.717) is 22.8 Å². The van der Waals surface area contributed by atoms with Crippen LogP contribution in [0.15, 0.2) is 17.8 Å². The summed E-state index contributed by atoms with van der Waals surface area (Å²) in [5, 5.41) is 16.1. The van der Waals surface area contributed by atoms with E-state index in [1.165, 1.54) is 29.1 Å². The van der Waals surface area contributed by atoms with E-state index in [2.05, 4.69) is 30.4 Å². The first-order valence-electron chi connectivity index (χ1n) is 4.86. The first-order valence-corrected chi connectivity index (χ1v) is 5.84. The number of aromatic nitrogens is 6. The predicted octanol–water partition coefficient (Wildman–Crippen LogP) is -0.422. The number of nitrogens with one attached hydrogen (secondary N) is 1. The molecule has 2 heterocycles. The van der Waals surface area contributed by atoms with Gasteiger partial charge < -0.3 is 10.4 Å². The van der Waals surface area contributed by atoms with Crippen molar-refractivity contribution in [3.05, 3.63) is 12.7 Å². The summed E-state index contributed by atoms with van der Waals surface area (Å²) >= 11 is 1.35. The molecule has 0 aliphatic rings. The zero-order valence-electron chi connectivity index (χ0n) is 9.11. The molecule has 0 aromatic carbocycles. The molecule has 0 spiro atoms. The Morgan fingerprint density at radius 1 is 1.41 bits per heavy atom. The van der Waals surface area contributed by atoms with Crippen LogP contribution in [-0.2, 0) is 0 Å². The molecule has 90 valence electrons. The molecule has 9 heteroatoms. The van der Waals surface area contributed by atoms with Gasteiger partial charge in [-0.3, -0.25) is 0 Å². The van der Waals surface area contributed by atoms with Crippen molar-refractivity contribution in [1.29, 1.82) is 0 Å². The molecule has 0 radical (unpaired) electrons. The molecule has 17 heavy (non-hydrogen) atoms. The molecule has 0 saturated heterocycles. The molecule has 8 nitrogen and oxygen atoms in total. The monoisotopic (exact) mass is 253 g/mol. The SMILES string of the molecule is CNc1nc(SCCO)nc(-n2cncn2)n1. The van der Waals surface area contributed by atoms with Gasteiger partial charge >= 0.3 is 0 Å². The molecular formula is C8H11N7OS. The average Bonchev–Trinajstić information content (AvgIpc) is 2.89. The van der Waals surface area contributed by atoms with Crippen molar-refractivity contribution in [1.82, 2.24) is 29.7 Å². The van der Waals surface area contributed by atoms with Crippen LogP contribution in [0.3, 0.4) is 0 Å². The highest BCUT2D eigenvalue weighted by molar-refractivity contribution is 7.99. The molecule has 0 aliphatic carbocycles. The summed E-state index contributed by atoms with van der Waals surface area (Å²) in [6.07, 6.45) is 2.92. The Labute approximate surface area is 102 Å². The Hall–Kier alpha value is -1.74. The van der Waals surface area contributed by atoms with Gasteiger partial charge in [0.2, 0.25) is 5.95 Å². The molecule has 2 N–H and O–H groups in total. The van der Waals surface area contributed by atoms with Crippen molar-refractivity contribution in [3.63, 3.8) is 0 Å². The third-order valence-corrected chi connectivity index (χ3v) is 2.60. The molecule has 0 saturated carbocycles. The first kappa shape index (κ1) is 11.7. The van der Waals surface area contributed by atoms with E-state index in [0.717, 1.165) is 0 Å². The number of nitrogens with zero attached hydrogens (tertiary/aromatic N) is 6. The summed E-state index contributed by atoms with van der Waals surface area (Å²) in [6.45, 7) is 0.0733. The number of rotatable bonds is 5. The van der Waals surface area contributed by atoms with Gasteiger partial charge in [-0.25, -0.2) is 4.98 Å². The largest absolute Gasteiger partial charge is 0.396 e. The van der Waals surface area contributed by atoms with Crippen LogP contribution in [0, 0.1) is 0 Å². The highest BCUT2D eigenvalue weighted by atomic mass is 32.2. The van der Waals surface area contributed by atoms with Crippen molar-refractivity contribution in [2.45, 2.75) is 5.16 Å². The molecule has 0 unspecified atom stereocenters. The number of thioether (sulfide) groups is 1. The lowest BCUT2D eigenvalue weighted by Gasteiger charge is -2.05. The summed E-state index contributed by atoms with van der Waals surface area (Å²) in [7, 11) is 1.72. The van der Waals surface area contributed by atoms with E-state index in [4.69, 9.17) is 5.11 Å². The zero-order chi connectivity index (χ0) is 12.1. The second kappa shape index (κ2) is 5.55. The van der Waals surface area contributed by atoms with Crippen LogP contribution in [0.2, 0.25) is 0 Å². The molecule has 2 aromatic rings. The van der Waals surface area contributed by atoms with Gasteiger partial charge in [0.25, 0.3) is 5.95 Å². The summed E-state index contributed by atoms with van der Waals surface area (Å²) < 4.78 is 1.45. The van der Waals surface area contributed by atoms with Gasteiger partial charge in [-0.05, 0) is 0 Å². The van der Waals surface area contributed by atoms with Crippen LogP contribution >= 0.6 is 11.8 Å². The summed E-state index contributed by atoms with van der Waals surface area (Å²) in [5.74, 6) is 1.37. The van der Waals surface area contributed by atoms with E-state index in [-0.39, 0.29) is 6.61 Å². The number of hydrogen-bond donors (Lipinski definition) is 2. The fraction of sp³-hybridized carbons (Fsp3) is 0.375. The van der Waals surface area contributed by atoms with Crippen LogP contribution in [0.4, 0.5) is 5.95 Å². The van der Waals surface area contributed by atoms with Gasteiger partial charge in [-0.1, -0.05) is 11.8 Å². The highest BCUT2D eigenvalue weighted by Crippen LogP contribution is 2.14. The lowest BCUT2D eigenvalue weighted by molar-refractivity contribution is 0.322. The molecule has 0 fully saturated rings. The van der Waals surface area contributed by atoms with Gasteiger partial charge in [0.05, 0.1) is 6.61 Å². The lowest BCUT2D eigenvalue weighted by Crippen LogP contribution is -2.08. The number of aliphatic hydroxyl groups excluding tert-OH is 1. The molecular weight excluding hydrogens is 242 g/mol. The van der Waals surface area contributed by atoms with Gasteiger partial charge in [-0.15, -0.1) is 0 Å². The van der Waals surface area contributed by atoms with Gasteiger partial charge in [-0.2, -0.15) is 24.7 Å². The van der Waals surface area contributed by atoms with Gasteiger partial charge in [0, 0.05) is 12.8 Å². The van der Waals surface area contributed by atoms with Crippen LogP contribution in [0.5, 0.6) is 0 Å². The molecule has 2 aromatic heterocycles. The second-order valence-electron chi connectivity index (χ2n) is 2.90. The smallest absolute Gasteiger partial charge is 0.257 e. The third-order valence-electron chi connectivity index (χ3n) is 1.77. The molecule has 0 amide bonds. The van der Waals surface area contributed by atoms with Crippen LogP contribution in [0.1, 0.15) is 0 Å². The fourth-order valence-electron chi connectivity index (χ4n) is 1.07. The summed E-state index contributed by atoms with van der Waals surface area (Å²) in [6, 6.07) is 0. The lowest BCUT2D eigenvalue weighted by atomic mass is 10.8. The average molecular weight is 253 g/mol. The van der Waals surface area contributed by atoms with E-state index < -0.39 is 0 Å². The highest BCUT2D eigenvalue weighted by Gasteiger charge is 2.08. The maximum atomic E-state index is 8.77. The normalized spacial score (nSPS) is 10.5. The molecule has 0 aliphatic heterocycles. The van der Waals surface area contributed by atoms with Crippen molar-refractivity contribution in [2.75, 3.05) is 24.7 Å². The Morgan fingerprint density at radius 2 is 2.29 bits per heavy atom. The Kier molecular flexibility index (Phi) is 3.83. The van der Waals surface area contributed by atoms with Crippen LogP contribution < -0.4 is 5.32 Å². The van der Waals surface area contributed by atoms with Crippen molar-refractivity contribution < 1.29 is 5.11 Å². The van der Waals surface area contributed by atoms with Crippen molar-refractivity contribution in [2.24, 2.45) is 0 Å². The number of anilines is 1. The quantitative estimate of drug-likeness (QED) is 0.693. The second-order valence-corrected chi connectivity index (χ2v) is 3.97. The van der Waals surface area contributed by atoms with Crippen LogP contribution in [-0.4, -0.2) is 54.2 Å². The maximum absolute atomic E-state index is 8.77. The Balaban J connectivity index is 2.32. The standard InChI is InChI=1S/C8H11N7OS/c1-9-6-12-7(15-5-10-4-11-15)14-8(13-6)17-3-2-16/h4-5,16H,2-3H2,1H3,(H,9,12,13,14). The Morgan fingerprint density at radius 3 is 2.94 bits per heavy atom. The van der Waals surface area contributed by atoms with E-state index >= 15 is 0 Å². The minimum Gasteiger partial charge on any atom is -0.396 e. The summed E-state index contributed by atoms with van der Waals surface area (Å²) in [4.78, 5) is 16.4. The number of aliphatic hydroxyl groups is 1. The van der Waals surface area contributed by atoms with E-state index in [1.54, 1.807) is 7.05 Å². The molecule has 0 atom stereocenters. The maximum Gasteiger partial charge on any atom is 0.257 e. The topological polar surface area (TPSA) is 102 Å². The summed E-state index contributed by atoms with van der Waals surface area (Å²) in [5.41, 5.74) is 0. The third kappa shape index (κ3) is 2.88. The first-order chi connectivity index (χ1) is 8.33. The zero-order valence-corrected chi connectivity index (χ0v) is 9.92. The van der Waals surface area contributed by atoms with Crippen molar-refractivity contribution >= 4 is 17.7 Å². The van der Waals surface area contributed by atoms with Gasteiger partial charge in [0.15, 0.2) is 5.16 Å². The molecule has 0 bridgehead atoms. The number of hydrogen-bond acceptors (Lipinski definition) is 8. The van der Waals surface area contributed by atoms with E-state index in [1.807, 2.05) is 0 Å². The van der Waals surface area contributed by atoms with E-state index in [9.17, 15) is 0 Å². The fourth-order valence-corrected chi connectivity index (χ4v) is 1.64. The minimum absolute atomic E-state index is 0.0733. The Bertz CT molecular complexity index is 475. The van der Waals surface area contributed by atoms with Crippen molar-refractivity contribution in [3.8, 4) is 5.95 Å². The molecule has 2 rings (SSSR count). The van der Waals surface area contributed by atoms with Gasteiger partial charge in [0.1, 0.15) is 12.7 Å². The predicted molar refractivity (Wildman–Crippen MR) is 62.1 cm³/mol. The van der Waals surface area contributed by atoms with Crippen LogP contribution in [0.25, 0.3) is 5.95 Å². The minimum atomic E-state index is 0.0733.